The van der Waals surface area contributed by atoms with Crippen molar-refractivity contribution in [3.8, 4) is 11.8 Å². The molecule has 0 heterocycles. The van der Waals surface area contributed by atoms with Crippen molar-refractivity contribution in [3.05, 3.63) is 29.3 Å². The van der Waals surface area contributed by atoms with E-state index >= 15 is 0 Å². The molecule has 21 heavy (non-hydrogen) atoms. The van der Waals surface area contributed by atoms with Gasteiger partial charge in [0, 0.05) is 0 Å². The smallest absolute Gasteiger partial charge is 0.122 e. The van der Waals surface area contributed by atoms with Gasteiger partial charge in [0.1, 0.15) is 11.3 Å². The van der Waals surface area contributed by atoms with Crippen molar-refractivity contribution in [1.29, 1.82) is 5.26 Å². The normalized spacial score (nSPS) is 13.5. The SMILES string of the molecule is CCCNC(C)(C#N)CCCCOc1ccc(C)cc1C. The zero-order chi connectivity index (χ0) is 15.7. The van der Waals surface area contributed by atoms with Crippen LogP contribution in [0.2, 0.25) is 0 Å². The molecule has 0 fully saturated rings. The fourth-order valence-corrected chi connectivity index (χ4v) is 2.31. The van der Waals surface area contributed by atoms with Crippen LogP contribution in [0.4, 0.5) is 0 Å². The molecule has 0 saturated carbocycles. The molecule has 0 spiro atoms. The highest BCUT2D eigenvalue weighted by Gasteiger charge is 2.21. The van der Waals surface area contributed by atoms with Crippen molar-refractivity contribution in [2.45, 2.75) is 58.9 Å². The Hall–Kier alpha value is -1.53. The summed E-state index contributed by atoms with van der Waals surface area (Å²) in [6.45, 7) is 9.85. The first-order chi connectivity index (χ1) is 10.0. The van der Waals surface area contributed by atoms with Gasteiger partial charge in [0.25, 0.3) is 0 Å². The third kappa shape index (κ3) is 6.18. The molecule has 0 amide bonds. The lowest BCUT2D eigenvalue weighted by Gasteiger charge is -2.23. The van der Waals surface area contributed by atoms with E-state index in [2.05, 4.69) is 44.3 Å². The second-order valence-electron chi connectivity index (χ2n) is 5.95. The molecule has 0 aliphatic carbocycles. The summed E-state index contributed by atoms with van der Waals surface area (Å²) in [6.07, 6.45) is 3.87. The maximum absolute atomic E-state index is 9.27. The van der Waals surface area contributed by atoms with Crippen LogP contribution >= 0.6 is 0 Å². The van der Waals surface area contributed by atoms with Crippen LogP contribution in [0.3, 0.4) is 0 Å². The molecule has 1 atom stereocenters. The number of nitrogens with zero attached hydrogens (tertiary/aromatic N) is 1. The van der Waals surface area contributed by atoms with Gasteiger partial charge in [-0.2, -0.15) is 5.26 Å². The van der Waals surface area contributed by atoms with Gasteiger partial charge in [0.15, 0.2) is 0 Å². The van der Waals surface area contributed by atoms with Gasteiger partial charge in [-0.15, -0.1) is 0 Å². The maximum Gasteiger partial charge on any atom is 0.122 e. The monoisotopic (exact) mass is 288 g/mol. The number of ether oxygens (including phenoxy) is 1. The van der Waals surface area contributed by atoms with Gasteiger partial charge >= 0.3 is 0 Å². The largest absolute Gasteiger partial charge is 0.493 e. The van der Waals surface area contributed by atoms with E-state index in [-0.39, 0.29) is 0 Å². The van der Waals surface area contributed by atoms with Crippen molar-refractivity contribution in [2.24, 2.45) is 0 Å². The molecule has 0 radical (unpaired) electrons. The average Bonchev–Trinajstić information content (AvgIpc) is 2.47. The van der Waals surface area contributed by atoms with Crippen LogP contribution in [0.15, 0.2) is 18.2 Å². The Labute approximate surface area is 129 Å². The Morgan fingerprint density at radius 2 is 2.05 bits per heavy atom. The summed E-state index contributed by atoms with van der Waals surface area (Å²) in [6, 6.07) is 8.63. The van der Waals surface area contributed by atoms with Crippen LogP contribution in [0.25, 0.3) is 0 Å². The van der Waals surface area contributed by atoms with Crippen molar-refractivity contribution in [1.82, 2.24) is 5.32 Å². The lowest BCUT2D eigenvalue weighted by molar-refractivity contribution is 0.293. The van der Waals surface area contributed by atoms with Gasteiger partial charge in [-0.05, 0) is 64.6 Å². The molecular weight excluding hydrogens is 260 g/mol. The summed E-state index contributed by atoms with van der Waals surface area (Å²) in [4.78, 5) is 0. The highest BCUT2D eigenvalue weighted by Crippen LogP contribution is 2.19. The Balaban J connectivity index is 2.29. The van der Waals surface area contributed by atoms with E-state index in [0.717, 1.165) is 38.0 Å². The predicted molar refractivity (Wildman–Crippen MR) is 87.6 cm³/mol. The van der Waals surface area contributed by atoms with E-state index < -0.39 is 5.54 Å². The zero-order valence-electron chi connectivity index (χ0n) is 13.8. The summed E-state index contributed by atoms with van der Waals surface area (Å²) in [7, 11) is 0. The first-order valence-electron chi connectivity index (χ1n) is 7.87. The van der Waals surface area contributed by atoms with Crippen molar-refractivity contribution in [2.75, 3.05) is 13.2 Å². The van der Waals surface area contributed by atoms with E-state index in [1.165, 1.54) is 11.1 Å². The molecule has 116 valence electrons. The Morgan fingerprint density at radius 3 is 2.67 bits per heavy atom. The maximum atomic E-state index is 9.27. The van der Waals surface area contributed by atoms with E-state index in [1.807, 2.05) is 13.0 Å². The summed E-state index contributed by atoms with van der Waals surface area (Å²) >= 11 is 0. The van der Waals surface area contributed by atoms with Crippen LogP contribution in [0.5, 0.6) is 5.75 Å². The number of unbranched alkanes of at least 4 members (excludes halogenated alkanes) is 1. The third-order valence-corrected chi connectivity index (χ3v) is 3.67. The predicted octanol–water partition coefficient (Wildman–Crippen LogP) is 4.13. The fraction of sp³-hybridized carbons (Fsp3) is 0.611. The molecule has 3 nitrogen and oxygen atoms in total. The van der Waals surface area contributed by atoms with Gasteiger partial charge in [0.2, 0.25) is 0 Å². The molecule has 1 N–H and O–H groups in total. The highest BCUT2D eigenvalue weighted by molar-refractivity contribution is 5.35. The van der Waals surface area contributed by atoms with Gasteiger partial charge in [-0.1, -0.05) is 24.6 Å². The molecule has 0 aliphatic rings. The number of hydrogen-bond acceptors (Lipinski definition) is 3. The van der Waals surface area contributed by atoms with E-state index in [4.69, 9.17) is 4.74 Å². The van der Waals surface area contributed by atoms with Crippen molar-refractivity contribution >= 4 is 0 Å². The van der Waals surface area contributed by atoms with Crippen LogP contribution < -0.4 is 10.1 Å². The second kappa shape index (κ2) is 8.69. The topological polar surface area (TPSA) is 45.0 Å². The molecule has 0 aromatic heterocycles. The van der Waals surface area contributed by atoms with Gasteiger partial charge in [-0.25, -0.2) is 0 Å². The Bertz CT molecular complexity index is 479. The van der Waals surface area contributed by atoms with Crippen LogP contribution in [0.1, 0.15) is 50.7 Å². The number of nitrogens with one attached hydrogen (secondary N) is 1. The minimum atomic E-state index is -0.407. The van der Waals surface area contributed by atoms with Crippen LogP contribution in [-0.2, 0) is 0 Å². The average molecular weight is 288 g/mol. The molecule has 1 aromatic rings. The standard InChI is InChI=1S/C18H28N2O/c1-5-11-20-18(4,14-19)10-6-7-12-21-17-9-8-15(2)13-16(17)3/h8-9,13,20H,5-7,10-12H2,1-4H3. The van der Waals surface area contributed by atoms with Gasteiger partial charge in [-0.3, -0.25) is 5.32 Å². The Morgan fingerprint density at radius 1 is 1.29 bits per heavy atom. The molecule has 1 rings (SSSR count). The zero-order valence-corrected chi connectivity index (χ0v) is 13.8. The number of rotatable bonds is 9. The minimum absolute atomic E-state index is 0.407. The summed E-state index contributed by atoms with van der Waals surface area (Å²) in [5.41, 5.74) is 2.03. The number of aryl methyl sites for hydroxylation is 2. The van der Waals surface area contributed by atoms with E-state index in [1.54, 1.807) is 0 Å². The molecule has 0 aliphatic heterocycles. The van der Waals surface area contributed by atoms with Gasteiger partial charge in [0.05, 0.1) is 12.7 Å². The minimum Gasteiger partial charge on any atom is -0.493 e. The quantitative estimate of drug-likeness (QED) is 0.695. The summed E-state index contributed by atoms with van der Waals surface area (Å²) < 4.78 is 5.82. The Kier molecular flexibility index (Phi) is 7.25. The molecule has 0 bridgehead atoms. The lowest BCUT2D eigenvalue weighted by atomic mass is 9.96. The van der Waals surface area contributed by atoms with Crippen LogP contribution in [0, 0.1) is 25.2 Å². The number of hydrogen-bond donors (Lipinski definition) is 1. The highest BCUT2D eigenvalue weighted by atomic mass is 16.5. The lowest BCUT2D eigenvalue weighted by Crippen LogP contribution is -2.41. The second-order valence-corrected chi connectivity index (χ2v) is 5.95. The third-order valence-electron chi connectivity index (χ3n) is 3.67. The van der Waals surface area contributed by atoms with Crippen molar-refractivity contribution < 1.29 is 4.74 Å². The van der Waals surface area contributed by atoms with E-state index in [9.17, 15) is 5.26 Å². The fourth-order valence-electron chi connectivity index (χ4n) is 2.31. The first kappa shape index (κ1) is 17.5. The summed E-state index contributed by atoms with van der Waals surface area (Å²) in [5.74, 6) is 0.966. The molecule has 1 aromatic carbocycles. The number of nitriles is 1. The van der Waals surface area contributed by atoms with Gasteiger partial charge < -0.3 is 4.74 Å². The molecule has 1 unspecified atom stereocenters. The number of benzene rings is 1. The summed E-state index contributed by atoms with van der Waals surface area (Å²) in [5, 5.41) is 12.6. The molecule has 0 saturated heterocycles. The first-order valence-corrected chi connectivity index (χ1v) is 7.87. The molecular formula is C18H28N2O. The van der Waals surface area contributed by atoms with E-state index in [0.29, 0.717) is 6.61 Å². The van der Waals surface area contributed by atoms with Crippen molar-refractivity contribution in [3.63, 3.8) is 0 Å². The molecule has 3 heteroatoms. The van der Waals surface area contributed by atoms with Crippen LogP contribution in [-0.4, -0.2) is 18.7 Å².